The van der Waals surface area contributed by atoms with Crippen molar-refractivity contribution >= 4 is 60.7 Å². The maximum atomic E-state index is 5.26. The molecule has 5 heteroatoms. The zero-order valence-electron chi connectivity index (χ0n) is 27.7. The normalized spacial score (nSPS) is 13.2. The van der Waals surface area contributed by atoms with Crippen molar-refractivity contribution in [2.45, 2.75) is 13.1 Å². The van der Waals surface area contributed by atoms with Crippen molar-refractivity contribution in [3.8, 4) is 56.4 Å². The highest BCUT2D eigenvalue weighted by Crippen LogP contribution is 2.39. The van der Waals surface area contributed by atoms with Gasteiger partial charge in [0.2, 0.25) is 0 Å². The lowest BCUT2D eigenvalue weighted by atomic mass is 9.99. The van der Waals surface area contributed by atoms with E-state index in [0.717, 1.165) is 22.3 Å². The number of benzene rings is 7. The first-order valence-corrected chi connectivity index (χ1v) is 20.8. The summed E-state index contributed by atoms with van der Waals surface area (Å²) in [7, 11) is -1.88. The van der Waals surface area contributed by atoms with Crippen LogP contribution in [-0.2, 0) is 0 Å². The quantitative estimate of drug-likeness (QED) is 0.175. The van der Waals surface area contributed by atoms with Gasteiger partial charge in [0.25, 0.3) is 0 Å². The molecule has 2 aromatic heterocycles. The molecule has 0 radical (unpaired) electrons. The standard InChI is InChI=1S/C45H31N3SSi/c1-50(2)40-16-8-6-13-35(40)42-36(14-9-17-41(42)50)45-47-43(30-21-18-29(19-22-30)32-23-20-28-10-3-4-11-31(28)26-32)46-44(48-45)33-24-25-39-37(27-33)34-12-5-7-15-38(34)49-39/h3-27H,1-2H3. The SMILES string of the molecule is C[Si]1(C)c2ccccc2-c2c(-c3nc(-c4ccc(-c5ccc6ccccc6c5)cc4)nc(-c4ccc5sc6ccccc6c5c4)n3)cccc21. The highest BCUT2D eigenvalue weighted by Gasteiger charge is 2.38. The summed E-state index contributed by atoms with van der Waals surface area (Å²) in [6, 6.07) is 54.6. The van der Waals surface area contributed by atoms with Crippen molar-refractivity contribution in [2.75, 3.05) is 0 Å². The van der Waals surface area contributed by atoms with E-state index in [1.54, 1.807) is 0 Å². The zero-order valence-corrected chi connectivity index (χ0v) is 29.5. The summed E-state index contributed by atoms with van der Waals surface area (Å²) in [6.07, 6.45) is 0. The van der Waals surface area contributed by atoms with Crippen LogP contribution >= 0.6 is 11.3 Å². The third kappa shape index (κ3) is 4.58. The number of hydrogen-bond acceptors (Lipinski definition) is 4. The molecule has 3 heterocycles. The van der Waals surface area contributed by atoms with Crippen molar-refractivity contribution in [1.82, 2.24) is 15.0 Å². The van der Waals surface area contributed by atoms with Crippen molar-refractivity contribution in [3.63, 3.8) is 0 Å². The molecular weight excluding hydrogens is 643 g/mol. The maximum absolute atomic E-state index is 5.26. The van der Waals surface area contributed by atoms with Crippen LogP contribution in [0.4, 0.5) is 0 Å². The Morgan fingerprint density at radius 3 is 1.92 bits per heavy atom. The topological polar surface area (TPSA) is 38.7 Å². The summed E-state index contributed by atoms with van der Waals surface area (Å²) in [6.45, 7) is 4.90. The van der Waals surface area contributed by atoms with E-state index in [1.165, 1.54) is 58.0 Å². The molecule has 0 aliphatic carbocycles. The van der Waals surface area contributed by atoms with E-state index in [4.69, 9.17) is 15.0 Å². The van der Waals surface area contributed by atoms with Crippen LogP contribution in [0, 0.1) is 0 Å². The van der Waals surface area contributed by atoms with Crippen LogP contribution in [0.1, 0.15) is 0 Å². The molecule has 9 aromatic rings. The van der Waals surface area contributed by atoms with Gasteiger partial charge in [-0.2, -0.15) is 0 Å². The molecule has 0 unspecified atom stereocenters. The van der Waals surface area contributed by atoms with Crippen LogP contribution in [-0.4, -0.2) is 23.0 Å². The predicted molar refractivity (Wildman–Crippen MR) is 214 cm³/mol. The number of aromatic nitrogens is 3. The lowest BCUT2D eigenvalue weighted by Crippen LogP contribution is -2.49. The Kier molecular flexibility index (Phi) is 6.50. The molecule has 0 saturated heterocycles. The molecule has 236 valence electrons. The summed E-state index contributed by atoms with van der Waals surface area (Å²) < 4.78 is 2.55. The lowest BCUT2D eigenvalue weighted by Gasteiger charge is -2.18. The fourth-order valence-corrected chi connectivity index (χ4v) is 11.9. The highest BCUT2D eigenvalue weighted by atomic mass is 32.1. The Balaban J connectivity index is 1.15. The third-order valence-corrected chi connectivity index (χ3v) is 15.0. The second-order valence-corrected chi connectivity index (χ2v) is 19.1. The van der Waals surface area contributed by atoms with Crippen LogP contribution in [0.15, 0.2) is 152 Å². The summed E-state index contributed by atoms with van der Waals surface area (Å²) in [5, 5.41) is 7.88. The summed E-state index contributed by atoms with van der Waals surface area (Å²) in [4.78, 5) is 15.7. The van der Waals surface area contributed by atoms with Crippen LogP contribution in [0.25, 0.3) is 87.4 Å². The predicted octanol–water partition coefficient (Wildman–Crippen LogP) is 10.9. The van der Waals surface area contributed by atoms with Crippen LogP contribution in [0.3, 0.4) is 0 Å². The van der Waals surface area contributed by atoms with Gasteiger partial charge in [0.05, 0.1) is 0 Å². The number of thiophene rings is 1. The zero-order chi connectivity index (χ0) is 33.4. The molecule has 0 amide bonds. The highest BCUT2D eigenvalue weighted by molar-refractivity contribution is 7.25. The second kappa shape index (κ2) is 11.1. The summed E-state index contributed by atoms with van der Waals surface area (Å²) in [5.41, 5.74) is 7.94. The monoisotopic (exact) mass is 673 g/mol. The molecule has 1 aliphatic heterocycles. The molecule has 0 fully saturated rings. The lowest BCUT2D eigenvalue weighted by molar-refractivity contribution is 1.08. The molecule has 1 aliphatic rings. The minimum absolute atomic E-state index is 0.672. The molecule has 3 nitrogen and oxygen atoms in total. The van der Waals surface area contributed by atoms with Crippen molar-refractivity contribution < 1.29 is 0 Å². The van der Waals surface area contributed by atoms with Crippen molar-refractivity contribution in [2.24, 2.45) is 0 Å². The molecule has 10 rings (SSSR count). The Labute approximate surface area is 295 Å². The Hall–Kier alpha value is -5.75. The number of rotatable bonds is 4. The Morgan fingerprint density at radius 2 is 1.04 bits per heavy atom. The minimum Gasteiger partial charge on any atom is -0.208 e. The van der Waals surface area contributed by atoms with Gasteiger partial charge in [0, 0.05) is 36.9 Å². The third-order valence-electron chi connectivity index (χ3n) is 10.3. The molecular formula is C45H31N3SSi. The Bertz CT molecular complexity index is 2800. The van der Waals surface area contributed by atoms with Gasteiger partial charge in [-0.25, -0.2) is 15.0 Å². The molecule has 50 heavy (non-hydrogen) atoms. The van der Waals surface area contributed by atoms with E-state index in [-0.39, 0.29) is 0 Å². The first-order valence-electron chi connectivity index (χ1n) is 17.0. The molecule has 0 saturated carbocycles. The first kappa shape index (κ1) is 29.2. The fourth-order valence-electron chi connectivity index (χ4n) is 7.74. The van der Waals surface area contributed by atoms with Gasteiger partial charge in [-0.1, -0.05) is 134 Å². The largest absolute Gasteiger partial charge is 0.208 e. The second-order valence-electron chi connectivity index (χ2n) is 13.7. The average molecular weight is 674 g/mol. The van der Waals surface area contributed by atoms with Gasteiger partial charge >= 0.3 is 0 Å². The van der Waals surface area contributed by atoms with E-state index in [9.17, 15) is 0 Å². The molecule has 0 bridgehead atoms. The summed E-state index contributed by atoms with van der Waals surface area (Å²) >= 11 is 1.82. The van der Waals surface area contributed by atoms with Gasteiger partial charge < -0.3 is 0 Å². The van der Waals surface area contributed by atoms with Crippen LogP contribution < -0.4 is 10.4 Å². The maximum Gasteiger partial charge on any atom is 0.164 e. The van der Waals surface area contributed by atoms with Gasteiger partial charge in [0.15, 0.2) is 17.5 Å². The first-order chi connectivity index (χ1) is 24.5. The van der Waals surface area contributed by atoms with Crippen LogP contribution in [0.5, 0.6) is 0 Å². The smallest absolute Gasteiger partial charge is 0.164 e. The van der Waals surface area contributed by atoms with E-state index in [0.29, 0.717) is 17.5 Å². The van der Waals surface area contributed by atoms with E-state index in [1.807, 2.05) is 11.3 Å². The van der Waals surface area contributed by atoms with Gasteiger partial charge in [-0.15, -0.1) is 11.3 Å². The van der Waals surface area contributed by atoms with Gasteiger partial charge in [-0.05, 0) is 73.7 Å². The van der Waals surface area contributed by atoms with Crippen molar-refractivity contribution in [1.29, 1.82) is 0 Å². The molecule has 0 N–H and O–H groups in total. The molecule has 0 atom stereocenters. The van der Waals surface area contributed by atoms with Crippen LogP contribution in [0.2, 0.25) is 13.1 Å². The number of nitrogens with zero attached hydrogens (tertiary/aromatic N) is 3. The molecule has 0 spiro atoms. The van der Waals surface area contributed by atoms with E-state index < -0.39 is 8.07 Å². The van der Waals surface area contributed by atoms with Gasteiger partial charge in [-0.3, -0.25) is 0 Å². The molecule has 7 aromatic carbocycles. The number of hydrogen-bond donors (Lipinski definition) is 0. The minimum atomic E-state index is -1.88. The summed E-state index contributed by atoms with van der Waals surface area (Å²) in [5.74, 6) is 2.06. The van der Waals surface area contributed by atoms with Gasteiger partial charge in [0.1, 0.15) is 8.07 Å². The van der Waals surface area contributed by atoms with E-state index in [2.05, 4.69) is 165 Å². The van der Waals surface area contributed by atoms with Crippen molar-refractivity contribution in [3.05, 3.63) is 152 Å². The van der Waals surface area contributed by atoms with E-state index >= 15 is 0 Å². The Morgan fingerprint density at radius 1 is 0.420 bits per heavy atom. The number of fused-ring (bicyclic) bond motifs is 7. The average Bonchev–Trinajstić information content (AvgIpc) is 3.66. The fraction of sp³-hybridized carbons (Fsp3) is 0.0444.